The highest BCUT2D eigenvalue weighted by molar-refractivity contribution is 5.76. The van der Waals surface area contributed by atoms with Crippen LogP contribution in [0.2, 0.25) is 0 Å². The van der Waals surface area contributed by atoms with Crippen molar-refractivity contribution in [3.05, 3.63) is 0 Å². The van der Waals surface area contributed by atoms with E-state index in [-0.39, 0.29) is 11.4 Å². The SMILES string of the molecule is CC(C)(C)C(N)C(=O)OCCC1CC1. The Kier molecular flexibility index (Phi) is 3.53. The van der Waals surface area contributed by atoms with E-state index in [1.54, 1.807) is 0 Å². The lowest BCUT2D eigenvalue weighted by Gasteiger charge is -2.24. The van der Waals surface area contributed by atoms with Crippen molar-refractivity contribution < 1.29 is 9.53 Å². The molecule has 0 aromatic heterocycles. The zero-order valence-corrected chi connectivity index (χ0v) is 9.38. The first-order chi connectivity index (χ1) is 6.41. The first-order valence-corrected chi connectivity index (χ1v) is 5.33. The quantitative estimate of drug-likeness (QED) is 0.701. The van der Waals surface area contributed by atoms with Gasteiger partial charge < -0.3 is 10.5 Å². The van der Waals surface area contributed by atoms with Crippen LogP contribution < -0.4 is 5.73 Å². The van der Waals surface area contributed by atoms with Crippen molar-refractivity contribution in [3.63, 3.8) is 0 Å². The molecule has 0 aromatic rings. The Balaban J connectivity index is 2.19. The van der Waals surface area contributed by atoms with Gasteiger partial charge in [0.05, 0.1) is 6.61 Å². The summed E-state index contributed by atoms with van der Waals surface area (Å²) in [6.07, 6.45) is 3.59. The molecule has 0 amide bonds. The van der Waals surface area contributed by atoms with Gasteiger partial charge in [-0.1, -0.05) is 33.6 Å². The van der Waals surface area contributed by atoms with Crippen LogP contribution in [0.15, 0.2) is 0 Å². The van der Waals surface area contributed by atoms with Crippen LogP contribution in [0.5, 0.6) is 0 Å². The van der Waals surface area contributed by atoms with Crippen molar-refractivity contribution in [2.45, 2.75) is 46.1 Å². The summed E-state index contributed by atoms with van der Waals surface area (Å²) in [4.78, 5) is 11.4. The monoisotopic (exact) mass is 199 g/mol. The summed E-state index contributed by atoms with van der Waals surface area (Å²) < 4.78 is 5.12. The van der Waals surface area contributed by atoms with E-state index in [0.717, 1.165) is 12.3 Å². The fourth-order valence-corrected chi connectivity index (χ4v) is 1.18. The Morgan fingerprint density at radius 1 is 1.50 bits per heavy atom. The third kappa shape index (κ3) is 3.66. The number of nitrogens with two attached hydrogens (primary N) is 1. The van der Waals surface area contributed by atoms with E-state index in [4.69, 9.17) is 10.5 Å². The Bertz CT molecular complexity index is 204. The summed E-state index contributed by atoms with van der Waals surface area (Å²) in [5.74, 6) is 0.534. The first kappa shape index (κ1) is 11.5. The van der Waals surface area contributed by atoms with Crippen molar-refractivity contribution >= 4 is 5.97 Å². The van der Waals surface area contributed by atoms with E-state index in [1.165, 1.54) is 12.8 Å². The molecular formula is C11H21NO2. The summed E-state index contributed by atoms with van der Waals surface area (Å²) in [5, 5.41) is 0. The molecule has 1 fully saturated rings. The highest BCUT2D eigenvalue weighted by Crippen LogP contribution is 2.32. The number of carbonyl (C=O) groups excluding carboxylic acids is 1. The molecule has 0 aliphatic heterocycles. The van der Waals surface area contributed by atoms with Gasteiger partial charge in [-0.15, -0.1) is 0 Å². The molecule has 0 saturated heterocycles. The van der Waals surface area contributed by atoms with Gasteiger partial charge in [0.2, 0.25) is 0 Å². The second-order valence-corrected chi connectivity index (χ2v) is 5.24. The Labute approximate surface area is 86.0 Å². The molecule has 82 valence electrons. The van der Waals surface area contributed by atoms with Crippen molar-refractivity contribution in [2.75, 3.05) is 6.61 Å². The minimum atomic E-state index is -0.512. The van der Waals surface area contributed by atoms with Crippen LogP contribution in [0.3, 0.4) is 0 Å². The number of hydrogen-bond acceptors (Lipinski definition) is 3. The van der Waals surface area contributed by atoms with Gasteiger partial charge in [0.15, 0.2) is 0 Å². The molecule has 0 aromatic carbocycles. The van der Waals surface area contributed by atoms with Crippen molar-refractivity contribution in [2.24, 2.45) is 17.1 Å². The Morgan fingerprint density at radius 2 is 2.07 bits per heavy atom. The molecule has 3 heteroatoms. The van der Waals surface area contributed by atoms with E-state index in [0.29, 0.717) is 6.61 Å². The maximum atomic E-state index is 11.4. The van der Waals surface area contributed by atoms with Gasteiger partial charge in [-0.05, 0) is 17.8 Å². The number of carbonyl (C=O) groups is 1. The fourth-order valence-electron chi connectivity index (χ4n) is 1.18. The van der Waals surface area contributed by atoms with E-state index in [1.807, 2.05) is 20.8 Å². The van der Waals surface area contributed by atoms with Gasteiger partial charge in [-0.2, -0.15) is 0 Å². The first-order valence-electron chi connectivity index (χ1n) is 5.33. The molecule has 1 aliphatic carbocycles. The molecule has 0 heterocycles. The normalized spacial score (nSPS) is 19.1. The zero-order chi connectivity index (χ0) is 10.8. The number of rotatable bonds is 4. The van der Waals surface area contributed by atoms with Gasteiger partial charge in [0.25, 0.3) is 0 Å². The average molecular weight is 199 g/mol. The molecule has 0 spiro atoms. The second-order valence-electron chi connectivity index (χ2n) is 5.24. The lowest BCUT2D eigenvalue weighted by molar-refractivity contribution is -0.148. The molecule has 0 bridgehead atoms. The number of ether oxygens (including phenoxy) is 1. The van der Waals surface area contributed by atoms with Gasteiger partial charge in [0.1, 0.15) is 6.04 Å². The van der Waals surface area contributed by atoms with Crippen molar-refractivity contribution in [1.29, 1.82) is 0 Å². The Morgan fingerprint density at radius 3 is 2.50 bits per heavy atom. The van der Waals surface area contributed by atoms with Crippen LogP contribution in [0.25, 0.3) is 0 Å². The predicted molar refractivity (Wildman–Crippen MR) is 55.7 cm³/mol. The van der Waals surface area contributed by atoms with Crippen molar-refractivity contribution in [1.82, 2.24) is 0 Å². The number of hydrogen-bond donors (Lipinski definition) is 1. The van der Waals surface area contributed by atoms with Crippen LogP contribution in [-0.2, 0) is 9.53 Å². The van der Waals surface area contributed by atoms with E-state index in [9.17, 15) is 4.79 Å². The zero-order valence-electron chi connectivity index (χ0n) is 9.38. The lowest BCUT2D eigenvalue weighted by Crippen LogP contribution is -2.43. The molecule has 1 unspecified atom stereocenters. The summed E-state index contributed by atoms with van der Waals surface area (Å²) in [5.41, 5.74) is 5.54. The molecule has 14 heavy (non-hydrogen) atoms. The molecule has 1 rings (SSSR count). The minimum absolute atomic E-state index is 0.212. The highest BCUT2D eigenvalue weighted by atomic mass is 16.5. The molecule has 1 atom stereocenters. The maximum Gasteiger partial charge on any atom is 0.323 e. The van der Waals surface area contributed by atoms with E-state index in [2.05, 4.69) is 0 Å². The van der Waals surface area contributed by atoms with Crippen LogP contribution in [-0.4, -0.2) is 18.6 Å². The van der Waals surface area contributed by atoms with E-state index >= 15 is 0 Å². The van der Waals surface area contributed by atoms with Crippen LogP contribution in [0.1, 0.15) is 40.0 Å². The van der Waals surface area contributed by atoms with E-state index < -0.39 is 6.04 Å². The highest BCUT2D eigenvalue weighted by Gasteiger charge is 2.29. The maximum absolute atomic E-state index is 11.4. The lowest BCUT2D eigenvalue weighted by atomic mass is 9.87. The van der Waals surface area contributed by atoms with Crippen LogP contribution in [0, 0.1) is 11.3 Å². The predicted octanol–water partition coefficient (Wildman–Crippen LogP) is 1.70. The largest absolute Gasteiger partial charge is 0.465 e. The summed E-state index contributed by atoms with van der Waals surface area (Å²) in [6, 6.07) is -0.512. The van der Waals surface area contributed by atoms with Gasteiger partial charge in [-0.3, -0.25) is 4.79 Å². The standard InChI is InChI=1S/C11H21NO2/c1-11(2,3)9(12)10(13)14-7-6-8-4-5-8/h8-9H,4-7,12H2,1-3H3. The smallest absolute Gasteiger partial charge is 0.323 e. The number of esters is 1. The average Bonchev–Trinajstić information content (AvgIpc) is 2.85. The molecule has 2 N–H and O–H groups in total. The summed E-state index contributed by atoms with van der Waals surface area (Å²) >= 11 is 0. The van der Waals surface area contributed by atoms with Gasteiger partial charge in [-0.25, -0.2) is 0 Å². The third-order valence-electron chi connectivity index (χ3n) is 2.65. The molecular weight excluding hydrogens is 178 g/mol. The van der Waals surface area contributed by atoms with Gasteiger partial charge >= 0.3 is 5.97 Å². The van der Waals surface area contributed by atoms with Gasteiger partial charge in [0, 0.05) is 0 Å². The molecule has 0 radical (unpaired) electrons. The Hall–Kier alpha value is -0.570. The second kappa shape index (κ2) is 4.30. The molecule has 1 aliphatic rings. The fraction of sp³-hybridized carbons (Fsp3) is 0.909. The summed E-state index contributed by atoms with van der Waals surface area (Å²) in [7, 11) is 0. The summed E-state index contributed by atoms with van der Waals surface area (Å²) in [6.45, 7) is 6.37. The van der Waals surface area contributed by atoms with Crippen LogP contribution in [0.4, 0.5) is 0 Å². The molecule has 1 saturated carbocycles. The van der Waals surface area contributed by atoms with Crippen molar-refractivity contribution in [3.8, 4) is 0 Å². The minimum Gasteiger partial charge on any atom is -0.465 e. The topological polar surface area (TPSA) is 52.3 Å². The third-order valence-corrected chi connectivity index (χ3v) is 2.65. The molecule has 3 nitrogen and oxygen atoms in total. The van der Waals surface area contributed by atoms with Crippen LogP contribution >= 0.6 is 0 Å².